The van der Waals surface area contributed by atoms with Crippen molar-refractivity contribution in [3.63, 3.8) is 0 Å². The summed E-state index contributed by atoms with van der Waals surface area (Å²) in [5.41, 5.74) is -1.06. The number of halogens is 4. The average molecular weight is 393 g/mol. The summed E-state index contributed by atoms with van der Waals surface area (Å²) in [5.74, 6) is -2.91. The monoisotopic (exact) mass is 393 g/mol. The number of nitrogens with zero attached hydrogens (tertiary/aromatic N) is 1. The van der Waals surface area contributed by atoms with Crippen LogP contribution in [0.1, 0.15) is 30.5 Å². The second-order valence-electron chi connectivity index (χ2n) is 6.22. The Hall–Kier alpha value is -3.16. The Morgan fingerprint density at radius 1 is 1.14 bits per heavy atom. The Kier molecular flexibility index (Phi) is 4.97. The van der Waals surface area contributed by atoms with Gasteiger partial charge in [-0.2, -0.15) is 13.2 Å². The molecule has 0 saturated heterocycles. The molecule has 4 nitrogen and oxygen atoms in total. The number of anilines is 1. The lowest BCUT2D eigenvalue weighted by Gasteiger charge is -2.27. The third-order valence-corrected chi connectivity index (χ3v) is 4.47. The molecular weight excluding hydrogens is 378 g/mol. The molecule has 1 atom stereocenters. The summed E-state index contributed by atoms with van der Waals surface area (Å²) in [6.45, 7) is 1.53. The molecule has 28 heavy (non-hydrogen) atoms. The SMILES string of the molecule is CCC(=O)C1=C(O)C(=O)N(c2cccc(C(F)(F)F)c2)C1c1ccc(F)cc1. The van der Waals surface area contributed by atoms with Crippen LogP contribution in [0.25, 0.3) is 0 Å². The average Bonchev–Trinajstić information content (AvgIpc) is 2.92. The number of hydrogen-bond acceptors (Lipinski definition) is 3. The Morgan fingerprint density at radius 2 is 1.79 bits per heavy atom. The van der Waals surface area contributed by atoms with Crippen molar-refractivity contribution < 1.29 is 32.3 Å². The number of aliphatic hydroxyl groups is 1. The predicted octanol–water partition coefficient (Wildman–Crippen LogP) is 4.72. The van der Waals surface area contributed by atoms with E-state index in [-0.39, 0.29) is 23.2 Å². The van der Waals surface area contributed by atoms with Crippen molar-refractivity contribution in [3.8, 4) is 0 Å². The molecule has 3 rings (SSSR count). The van der Waals surface area contributed by atoms with Crippen LogP contribution in [0.4, 0.5) is 23.2 Å². The normalized spacial score (nSPS) is 17.4. The number of carbonyl (C=O) groups excluding carboxylic acids is 2. The highest BCUT2D eigenvalue weighted by Crippen LogP contribution is 2.42. The first-order chi connectivity index (χ1) is 13.1. The van der Waals surface area contributed by atoms with Crippen LogP contribution in [0.5, 0.6) is 0 Å². The van der Waals surface area contributed by atoms with Crippen LogP contribution in [0.2, 0.25) is 0 Å². The summed E-state index contributed by atoms with van der Waals surface area (Å²) in [4.78, 5) is 25.9. The summed E-state index contributed by atoms with van der Waals surface area (Å²) in [5, 5.41) is 10.3. The van der Waals surface area contributed by atoms with E-state index < -0.39 is 41.0 Å². The number of hydrogen-bond donors (Lipinski definition) is 1. The van der Waals surface area contributed by atoms with E-state index >= 15 is 0 Å². The predicted molar refractivity (Wildman–Crippen MR) is 93.0 cm³/mol. The minimum Gasteiger partial charge on any atom is -0.503 e. The zero-order valence-corrected chi connectivity index (χ0v) is 14.6. The van der Waals surface area contributed by atoms with Crippen LogP contribution >= 0.6 is 0 Å². The van der Waals surface area contributed by atoms with Crippen molar-refractivity contribution in [2.45, 2.75) is 25.6 Å². The standard InChI is InChI=1S/C20H15F4NO3/c1-2-15(26)16-17(11-6-8-13(21)9-7-11)25(19(28)18(16)27)14-5-3-4-12(10-14)20(22,23)24/h3-10,17,27H,2H2,1H3. The first-order valence-corrected chi connectivity index (χ1v) is 8.37. The molecule has 1 unspecified atom stereocenters. The van der Waals surface area contributed by atoms with E-state index in [0.29, 0.717) is 0 Å². The molecule has 8 heteroatoms. The van der Waals surface area contributed by atoms with Crippen LogP contribution in [-0.4, -0.2) is 16.8 Å². The largest absolute Gasteiger partial charge is 0.503 e. The molecule has 0 aromatic heterocycles. The van der Waals surface area contributed by atoms with E-state index in [9.17, 15) is 32.3 Å². The minimum atomic E-state index is -4.64. The third kappa shape index (κ3) is 3.37. The molecule has 1 aliphatic heterocycles. The Labute approximate surface area is 157 Å². The van der Waals surface area contributed by atoms with Crippen molar-refractivity contribution in [2.24, 2.45) is 0 Å². The fraction of sp³-hybridized carbons (Fsp3) is 0.200. The van der Waals surface area contributed by atoms with Gasteiger partial charge in [0.25, 0.3) is 5.91 Å². The van der Waals surface area contributed by atoms with Crippen molar-refractivity contribution >= 4 is 17.4 Å². The van der Waals surface area contributed by atoms with Crippen molar-refractivity contribution in [2.75, 3.05) is 4.90 Å². The molecule has 2 aromatic rings. The number of aliphatic hydroxyl groups excluding tert-OH is 1. The van der Waals surface area contributed by atoms with Gasteiger partial charge in [-0.05, 0) is 35.9 Å². The Bertz CT molecular complexity index is 964. The quantitative estimate of drug-likeness (QED) is 0.765. The molecular formula is C20H15F4NO3. The lowest BCUT2D eigenvalue weighted by atomic mass is 9.94. The Morgan fingerprint density at radius 3 is 2.36 bits per heavy atom. The highest BCUT2D eigenvalue weighted by molar-refractivity contribution is 6.16. The van der Waals surface area contributed by atoms with Gasteiger partial charge in [-0.25, -0.2) is 4.39 Å². The van der Waals surface area contributed by atoms with Crippen molar-refractivity contribution in [1.82, 2.24) is 0 Å². The second kappa shape index (κ2) is 7.10. The van der Waals surface area contributed by atoms with Gasteiger partial charge in [0.2, 0.25) is 0 Å². The number of alkyl halides is 3. The lowest BCUT2D eigenvalue weighted by Crippen LogP contribution is -2.31. The number of carbonyl (C=O) groups is 2. The molecule has 1 aliphatic rings. The van der Waals surface area contributed by atoms with E-state index in [1.54, 1.807) is 0 Å². The summed E-state index contributed by atoms with van der Waals surface area (Å²) in [7, 11) is 0. The first-order valence-electron chi connectivity index (χ1n) is 8.37. The fourth-order valence-electron chi connectivity index (χ4n) is 3.14. The maximum Gasteiger partial charge on any atom is 0.416 e. The molecule has 0 spiro atoms. The van der Waals surface area contributed by atoms with E-state index in [4.69, 9.17) is 0 Å². The third-order valence-electron chi connectivity index (χ3n) is 4.47. The lowest BCUT2D eigenvalue weighted by molar-refractivity contribution is -0.137. The molecule has 1 amide bonds. The smallest absolute Gasteiger partial charge is 0.416 e. The van der Waals surface area contributed by atoms with Crippen LogP contribution < -0.4 is 4.90 Å². The summed E-state index contributed by atoms with van der Waals surface area (Å²) in [6, 6.07) is 7.69. The van der Waals surface area contributed by atoms with Gasteiger partial charge in [-0.15, -0.1) is 0 Å². The topological polar surface area (TPSA) is 57.6 Å². The summed E-state index contributed by atoms with van der Waals surface area (Å²) < 4.78 is 52.6. The van der Waals surface area contributed by atoms with Gasteiger partial charge in [-0.3, -0.25) is 14.5 Å². The van der Waals surface area contributed by atoms with E-state index in [1.165, 1.54) is 25.1 Å². The first kappa shape index (κ1) is 19.6. The van der Waals surface area contributed by atoms with Gasteiger partial charge < -0.3 is 5.11 Å². The van der Waals surface area contributed by atoms with Crippen LogP contribution in [0.15, 0.2) is 59.9 Å². The molecule has 0 aliphatic carbocycles. The molecule has 0 bridgehead atoms. The van der Waals surface area contributed by atoms with Gasteiger partial charge in [0, 0.05) is 12.1 Å². The van der Waals surface area contributed by atoms with E-state index in [2.05, 4.69) is 0 Å². The molecule has 1 heterocycles. The number of rotatable bonds is 4. The maximum atomic E-state index is 13.3. The van der Waals surface area contributed by atoms with Crippen LogP contribution in [0, 0.1) is 5.82 Å². The highest BCUT2D eigenvalue weighted by atomic mass is 19.4. The van der Waals surface area contributed by atoms with Gasteiger partial charge in [0.05, 0.1) is 17.2 Å². The molecule has 1 N–H and O–H groups in total. The van der Waals surface area contributed by atoms with E-state index in [1.807, 2.05) is 0 Å². The molecule has 0 radical (unpaired) electrons. The van der Waals surface area contributed by atoms with Gasteiger partial charge in [-0.1, -0.05) is 25.1 Å². The summed E-state index contributed by atoms with van der Waals surface area (Å²) >= 11 is 0. The fourth-order valence-corrected chi connectivity index (χ4v) is 3.14. The van der Waals surface area contributed by atoms with Crippen molar-refractivity contribution in [3.05, 3.63) is 76.8 Å². The number of ketones is 1. The highest BCUT2D eigenvalue weighted by Gasteiger charge is 2.44. The van der Waals surface area contributed by atoms with Crippen molar-refractivity contribution in [1.29, 1.82) is 0 Å². The number of amides is 1. The molecule has 0 saturated carbocycles. The molecule has 2 aromatic carbocycles. The van der Waals surface area contributed by atoms with Gasteiger partial charge in [0.1, 0.15) is 5.82 Å². The zero-order chi connectivity index (χ0) is 20.6. The van der Waals surface area contributed by atoms with Gasteiger partial charge >= 0.3 is 6.18 Å². The zero-order valence-electron chi connectivity index (χ0n) is 14.6. The van der Waals surface area contributed by atoms with Crippen LogP contribution in [0.3, 0.4) is 0 Å². The molecule has 146 valence electrons. The number of Topliss-reactive ketones (excluding diaryl/α,β-unsaturated/α-hetero) is 1. The minimum absolute atomic E-state index is 0.0270. The van der Waals surface area contributed by atoms with Gasteiger partial charge in [0.15, 0.2) is 11.5 Å². The number of benzene rings is 2. The maximum absolute atomic E-state index is 13.3. The second-order valence-corrected chi connectivity index (χ2v) is 6.22. The Balaban J connectivity index is 2.18. The van der Waals surface area contributed by atoms with Crippen LogP contribution in [-0.2, 0) is 15.8 Å². The van der Waals surface area contributed by atoms with E-state index in [0.717, 1.165) is 35.2 Å². The molecule has 0 fully saturated rings. The summed E-state index contributed by atoms with van der Waals surface area (Å²) in [6.07, 6.45) is -4.66.